The second kappa shape index (κ2) is 10.4. The summed E-state index contributed by atoms with van der Waals surface area (Å²) in [6, 6.07) is 31.6. The van der Waals surface area contributed by atoms with E-state index in [4.69, 9.17) is 21.1 Å². The number of hydrogen-bond donors (Lipinski definition) is 0. The molecule has 4 aromatic rings. The Hall–Kier alpha value is -2.53. The molecule has 0 aliphatic carbocycles. The lowest BCUT2D eigenvalue weighted by atomic mass is 10.2. The maximum atomic E-state index is 6.43. The Morgan fingerprint density at radius 3 is 1.56 bits per heavy atom. The molecule has 0 aromatic heterocycles. The van der Waals surface area contributed by atoms with E-state index >= 15 is 0 Å². The molecule has 0 atom stereocenters. The molecule has 0 saturated heterocycles. The van der Waals surface area contributed by atoms with Gasteiger partial charge in [0.25, 0.3) is 0 Å². The number of ether oxygens (including phenoxy) is 2. The SMILES string of the molecule is COc1ccc([S+](c2ccc(OC)cc2)c2ccc(Sc3ccc(C)cc3Cl)cc2)cc1. The van der Waals surface area contributed by atoms with E-state index in [1.54, 1.807) is 26.0 Å². The van der Waals surface area contributed by atoms with Gasteiger partial charge in [-0.3, -0.25) is 0 Å². The van der Waals surface area contributed by atoms with Crippen molar-refractivity contribution >= 4 is 34.3 Å². The molecular formula is C27H24ClO2S2+. The molecule has 0 saturated carbocycles. The summed E-state index contributed by atoms with van der Waals surface area (Å²) in [7, 11) is 3.14. The van der Waals surface area contributed by atoms with Gasteiger partial charge in [0.15, 0.2) is 14.7 Å². The van der Waals surface area contributed by atoms with Gasteiger partial charge in [-0.05, 0) is 97.4 Å². The zero-order chi connectivity index (χ0) is 22.5. The zero-order valence-electron chi connectivity index (χ0n) is 18.2. The van der Waals surface area contributed by atoms with E-state index in [9.17, 15) is 0 Å². The Morgan fingerprint density at radius 2 is 1.12 bits per heavy atom. The van der Waals surface area contributed by atoms with Crippen LogP contribution in [0.4, 0.5) is 0 Å². The molecule has 4 rings (SSSR count). The predicted molar refractivity (Wildman–Crippen MR) is 135 cm³/mol. The molecule has 162 valence electrons. The number of halogens is 1. The second-order valence-corrected chi connectivity index (χ2v) is 10.7. The number of aryl methyl sites for hydroxylation is 1. The minimum Gasteiger partial charge on any atom is -0.497 e. The molecule has 0 N–H and O–H groups in total. The van der Waals surface area contributed by atoms with E-state index in [2.05, 4.69) is 67.6 Å². The molecule has 4 aromatic carbocycles. The van der Waals surface area contributed by atoms with Crippen LogP contribution in [-0.2, 0) is 10.9 Å². The minimum atomic E-state index is -0.244. The van der Waals surface area contributed by atoms with Crippen molar-refractivity contribution in [2.45, 2.75) is 31.4 Å². The summed E-state index contributed by atoms with van der Waals surface area (Å²) in [6.45, 7) is 2.05. The van der Waals surface area contributed by atoms with Gasteiger partial charge in [-0.2, -0.15) is 0 Å². The Kier molecular flexibility index (Phi) is 7.36. The Labute approximate surface area is 201 Å². The van der Waals surface area contributed by atoms with Crippen LogP contribution in [0.2, 0.25) is 5.02 Å². The van der Waals surface area contributed by atoms with Crippen LogP contribution >= 0.6 is 23.4 Å². The average molecular weight is 480 g/mol. The second-order valence-electron chi connectivity index (χ2n) is 7.16. The summed E-state index contributed by atoms with van der Waals surface area (Å²) in [5.41, 5.74) is 1.16. The quantitative estimate of drug-likeness (QED) is 0.251. The van der Waals surface area contributed by atoms with Crippen LogP contribution in [0.15, 0.2) is 115 Å². The van der Waals surface area contributed by atoms with Crippen LogP contribution in [-0.4, -0.2) is 14.2 Å². The highest BCUT2D eigenvalue weighted by Crippen LogP contribution is 2.37. The van der Waals surface area contributed by atoms with E-state index in [1.165, 1.54) is 14.7 Å². The first kappa shape index (κ1) is 22.7. The van der Waals surface area contributed by atoms with Gasteiger partial charge >= 0.3 is 0 Å². The molecule has 0 fully saturated rings. The normalized spacial score (nSPS) is 10.9. The van der Waals surface area contributed by atoms with Crippen LogP contribution in [0.25, 0.3) is 0 Å². The molecule has 5 heteroatoms. The Morgan fingerprint density at radius 1 is 0.656 bits per heavy atom. The van der Waals surface area contributed by atoms with E-state index < -0.39 is 0 Å². The summed E-state index contributed by atoms with van der Waals surface area (Å²) < 4.78 is 10.7. The monoisotopic (exact) mass is 479 g/mol. The predicted octanol–water partition coefficient (Wildman–Crippen LogP) is 7.91. The van der Waals surface area contributed by atoms with Crippen LogP contribution in [0.3, 0.4) is 0 Å². The first-order valence-corrected chi connectivity index (χ1v) is 12.6. The molecule has 0 aliphatic heterocycles. The van der Waals surface area contributed by atoms with Crippen LogP contribution in [0, 0.1) is 6.92 Å². The standard InChI is InChI=1S/C27H24ClO2S2/c1-19-4-17-27(26(28)18-19)31-22-9-15-25(16-10-22)32(23-11-5-20(29-2)6-12-23)24-13-7-21(30-3)8-14-24/h4-18H,1-3H3/q+1. The zero-order valence-corrected chi connectivity index (χ0v) is 20.6. The third-order valence-corrected chi connectivity index (χ3v) is 8.70. The number of benzene rings is 4. The summed E-state index contributed by atoms with van der Waals surface area (Å²) in [6.07, 6.45) is 0. The smallest absolute Gasteiger partial charge is 0.166 e. The van der Waals surface area contributed by atoms with Crippen molar-refractivity contribution in [1.82, 2.24) is 0 Å². The third kappa shape index (κ3) is 5.26. The van der Waals surface area contributed by atoms with Gasteiger partial charge in [0.05, 0.1) is 30.1 Å². The Bertz CT molecular complexity index is 1130. The van der Waals surface area contributed by atoms with Gasteiger partial charge in [-0.1, -0.05) is 29.4 Å². The van der Waals surface area contributed by atoms with Crippen LogP contribution in [0.5, 0.6) is 11.5 Å². The van der Waals surface area contributed by atoms with E-state index in [0.717, 1.165) is 31.9 Å². The van der Waals surface area contributed by atoms with Crippen molar-refractivity contribution in [3.05, 3.63) is 102 Å². The molecule has 32 heavy (non-hydrogen) atoms. The summed E-state index contributed by atoms with van der Waals surface area (Å²) in [5.74, 6) is 1.71. The molecule has 0 aliphatic rings. The highest BCUT2D eigenvalue weighted by Gasteiger charge is 2.28. The maximum Gasteiger partial charge on any atom is 0.166 e. The highest BCUT2D eigenvalue weighted by atomic mass is 35.5. The van der Waals surface area contributed by atoms with Crippen molar-refractivity contribution in [3.8, 4) is 11.5 Å². The fraction of sp³-hybridized carbons (Fsp3) is 0.111. The van der Waals surface area contributed by atoms with E-state index in [0.29, 0.717) is 0 Å². The number of hydrogen-bond acceptors (Lipinski definition) is 3. The van der Waals surface area contributed by atoms with Crippen LogP contribution in [0.1, 0.15) is 5.56 Å². The van der Waals surface area contributed by atoms with E-state index in [-0.39, 0.29) is 10.9 Å². The molecule has 0 unspecified atom stereocenters. The topological polar surface area (TPSA) is 18.5 Å². The summed E-state index contributed by atoms with van der Waals surface area (Å²) in [5, 5.41) is 0.787. The Balaban J connectivity index is 1.66. The molecule has 0 radical (unpaired) electrons. The lowest BCUT2D eigenvalue weighted by molar-refractivity contribution is 0.414. The van der Waals surface area contributed by atoms with Gasteiger partial charge in [0.2, 0.25) is 0 Å². The first-order valence-electron chi connectivity index (χ1n) is 10.1. The lowest BCUT2D eigenvalue weighted by Gasteiger charge is -2.10. The van der Waals surface area contributed by atoms with Crippen LogP contribution < -0.4 is 9.47 Å². The third-order valence-electron chi connectivity index (χ3n) is 4.96. The van der Waals surface area contributed by atoms with Gasteiger partial charge in [-0.25, -0.2) is 0 Å². The van der Waals surface area contributed by atoms with Gasteiger partial charge < -0.3 is 9.47 Å². The van der Waals surface area contributed by atoms with Gasteiger partial charge in [0, 0.05) is 9.79 Å². The highest BCUT2D eigenvalue weighted by molar-refractivity contribution is 7.99. The van der Waals surface area contributed by atoms with E-state index in [1.807, 2.05) is 30.3 Å². The molecule has 0 spiro atoms. The largest absolute Gasteiger partial charge is 0.497 e. The number of rotatable bonds is 7. The van der Waals surface area contributed by atoms with Crippen molar-refractivity contribution in [1.29, 1.82) is 0 Å². The first-order chi connectivity index (χ1) is 15.6. The summed E-state index contributed by atoms with van der Waals surface area (Å²) in [4.78, 5) is 5.94. The number of methoxy groups -OCH3 is 2. The fourth-order valence-corrected chi connectivity index (χ4v) is 6.50. The van der Waals surface area contributed by atoms with Crippen molar-refractivity contribution in [2.24, 2.45) is 0 Å². The fourth-order valence-electron chi connectivity index (χ4n) is 3.29. The van der Waals surface area contributed by atoms with Gasteiger partial charge in [0.1, 0.15) is 11.5 Å². The molecule has 0 heterocycles. The maximum absolute atomic E-state index is 6.43. The minimum absolute atomic E-state index is 0.244. The van der Waals surface area contributed by atoms with Gasteiger partial charge in [-0.15, -0.1) is 0 Å². The molecular weight excluding hydrogens is 456 g/mol. The molecule has 0 bridgehead atoms. The average Bonchev–Trinajstić information content (AvgIpc) is 2.83. The summed E-state index contributed by atoms with van der Waals surface area (Å²) >= 11 is 8.11. The van der Waals surface area contributed by atoms with Crippen molar-refractivity contribution in [3.63, 3.8) is 0 Å². The van der Waals surface area contributed by atoms with Crippen molar-refractivity contribution < 1.29 is 9.47 Å². The lowest BCUT2D eigenvalue weighted by Crippen LogP contribution is -2.05. The van der Waals surface area contributed by atoms with Crippen molar-refractivity contribution in [2.75, 3.05) is 14.2 Å². The molecule has 2 nitrogen and oxygen atoms in total. The molecule has 0 amide bonds.